The number of aliphatic hydroxyl groups is 1. The van der Waals surface area contributed by atoms with Crippen LogP contribution < -0.4 is 4.74 Å². The molecule has 0 aromatic heterocycles. The number of benzene rings is 2. The Labute approximate surface area is 110 Å². The molecule has 0 saturated heterocycles. The van der Waals surface area contributed by atoms with Crippen LogP contribution in [0.3, 0.4) is 0 Å². The molecule has 0 spiro atoms. The Hall–Kier alpha value is -1.58. The Morgan fingerprint density at radius 2 is 1.72 bits per heavy atom. The molecule has 4 heteroatoms. The lowest BCUT2D eigenvalue weighted by Crippen LogP contribution is -1.91. The highest BCUT2D eigenvalue weighted by atomic mass is 35.5. The SMILES string of the molecule is C[C@@H](O)c1ccc(Oc2ccc(F)c(Cl)c2)cc1. The van der Waals surface area contributed by atoms with Crippen LogP contribution in [0.1, 0.15) is 18.6 Å². The van der Waals surface area contributed by atoms with E-state index in [0.29, 0.717) is 11.5 Å². The summed E-state index contributed by atoms with van der Waals surface area (Å²) in [7, 11) is 0. The molecule has 2 aromatic rings. The maximum atomic E-state index is 13.0. The molecule has 2 nitrogen and oxygen atoms in total. The van der Waals surface area contributed by atoms with Gasteiger partial charge in [0.15, 0.2) is 0 Å². The van der Waals surface area contributed by atoms with Crippen molar-refractivity contribution in [2.75, 3.05) is 0 Å². The molecule has 0 heterocycles. The predicted octanol–water partition coefficient (Wildman–Crippen LogP) is 4.32. The quantitative estimate of drug-likeness (QED) is 0.896. The van der Waals surface area contributed by atoms with Gasteiger partial charge in [0.25, 0.3) is 0 Å². The molecule has 0 amide bonds. The van der Waals surface area contributed by atoms with Crippen molar-refractivity contribution in [3.8, 4) is 11.5 Å². The van der Waals surface area contributed by atoms with E-state index in [-0.39, 0.29) is 5.02 Å². The lowest BCUT2D eigenvalue weighted by molar-refractivity contribution is 0.199. The number of hydrogen-bond donors (Lipinski definition) is 1. The van der Waals surface area contributed by atoms with Gasteiger partial charge in [-0.05, 0) is 36.8 Å². The fourth-order valence-electron chi connectivity index (χ4n) is 1.49. The number of rotatable bonds is 3. The summed E-state index contributed by atoms with van der Waals surface area (Å²) in [5, 5.41) is 9.39. The minimum absolute atomic E-state index is 0.0214. The second kappa shape index (κ2) is 5.38. The minimum Gasteiger partial charge on any atom is -0.457 e. The van der Waals surface area contributed by atoms with Gasteiger partial charge >= 0.3 is 0 Å². The van der Waals surface area contributed by atoms with Crippen molar-refractivity contribution in [3.05, 3.63) is 58.9 Å². The first-order valence-corrected chi connectivity index (χ1v) is 5.85. The summed E-state index contributed by atoms with van der Waals surface area (Å²) in [6.45, 7) is 1.69. The smallest absolute Gasteiger partial charge is 0.142 e. The zero-order chi connectivity index (χ0) is 13.1. The van der Waals surface area contributed by atoms with Crippen molar-refractivity contribution in [2.45, 2.75) is 13.0 Å². The fraction of sp³-hybridized carbons (Fsp3) is 0.143. The third-order valence-electron chi connectivity index (χ3n) is 2.49. The van der Waals surface area contributed by atoms with Gasteiger partial charge in [0.05, 0.1) is 11.1 Å². The van der Waals surface area contributed by atoms with Crippen molar-refractivity contribution < 1.29 is 14.2 Å². The molecule has 18 heavy (non-hydrogen) atoms. The van der Waals surface area contributed by atoms with Crippen LogP contribution in [-0.4, -0.2) is 5.11 Å². The Bertz CT molecular complexity index is 538. The summed E-state index contributed by atoms with van der Waals surface area (Å²) in [6, 6.07) is 11.2. The van der Waals surface area contributed by atoms with Gasteiger partial charge < -0.3 is 9.84 Å². The molecule has 0 fully saturated rings. The second-order valence-corrected chi connectivity index (χ2v) is 4.33. The average molecular weight is 267 g/mol. The molecule has 0 aliphatic carbocycles. The zero-order valence-corrected chi connectivity index (χ0v) is 10.5. The summed E-state index contributed by atoms with van der Waals surface area (Å²) in [4.78, 5) is 0. The average Bonchev–Trinajstić information content (AvgIpc) is 2.34. The molecule has 2 aromatic carbocycles. The van der Waals surface area contributed by atoms with Crippen molar-refractivity contribution >= 4 is 11.6 Å². The molecule has 0 aliphatic heterocycles. The summed E-state index contributed by atoms with van der Waals surface area (Å²) in [6.07, 6.45) is -0.515. The lowest BCUT2D eigenvalue weighted by Gasteiger charge is -2.08. The Morgan fingerprint density at radius 3 is 2.28 bits per heavy atom. The zero-order valence-electron chi connectivity index (χ0n) is 9.73. The first-order chi connectivity index (χ1) is 8.56. The van der Waals surface area contributed by atoms with Crippen molar-refractivity contribution in [3.63, 3.8) is 0 Å². The van der Waals surface area contributed by atoms with Gasteiger partial charge in [-0.3, -0.25) is 0 Å². The summed E-state index contributed by atoms with van der Waals surface area (Å²) < 4.78 is 18.5. The maximum Gasteiger partial charge on any atom is 0.142 e. The summed E-state index contributed by atoms with van der Waals surface area (Å²) >= 11 is 5.66. The number of ether oxygens (including phenoxy) is 1. The Morgan fingerprint density at radius 1 is 1.11 bits per heavy atom. The summed E-state index contributed by atoms with van der Waals surface area (Å²) in [5.41, 5.74) is 0.805. The van der Waals surface area contributed by atoms with Gasteiger partial charge in [0.1, 0.15) is 17.3 Å². The maximum absolute atomic E-state index is 13.0. The van der Waals surface area contributed by atoms with E-state index in [0.717, 1.165) is 5.56 Å². The number of aliphatic hydroxyl groups excluding tert-OH is 1. The predicted molar refractivity (Wildman–Crippen MR) is 68.6 cm³/mol. The molecule has 1 N–H and O–H groups in total. The molecule has 0 aliphatic rings. The van der Waals surface area contributed by atoms with Crippen LogP contribution in [0.2, 0.25) is 5.02 Å². The fourth-order valence-corrected chi connectivity index (χ4v) is 1.66. The topological polar surface area (TPSA) is 29.5 Å². The molecular weight excluding hydrogens is 255 g/mol. The highest BCUT2D eigenvalue weighted by Gasteiger charge is 2.04. The van der Waals surface area contributed by atoms with E-state index < -0.39 is 11.9 Å². The molecule has 94 valence electrons. The van der Waals surface area contributed by atoms with E-state index in [1.165, 1.54) is 18.2 Å². The normalized spacial score (nSPS) is 12.2. The summed E-state index contributed by atoms with van der Waals surface area (Å²) in [5.74, 6) is 0.585. The third-order valence-corrected chi connectivity index (χ3v) is 2.78. The third kappa shape index (κ3) is 3.00. The van der Waals surface area contributed by atoms with Gasteiger partial charge in [-0.2, -0.15) is 0 Å². The van der Waals surface area contributed by atoms with E-state index >= 15 is 0 Å². The standard InChI is InChI=1S/C14H12ClFO2/c1-9(17)10-2-4-11(5-3-10)18-12-6-7-14(16)13(15)8-12/h2-9,17H,1H3/t9-/m1/s1. The van der Waals surface area contributed by atoms with E-state index in [4.69, 9.17) is 16.3 Å². The molecule has 0 bridgehead atoms. The second-order valence-electron chi connectivity index (χ2n) is 3.92. The van der Waals surface area contributed by atoms with Gasteiger partial charge in [0, 0.05) is 6.07 Å². The van der Waals surface area contributed by atoms with Crippen LogP contribution in [0.4, 0.5) is 4.39 Å². The molecular formula is C14H12ClFO2. The minimum atomic E-state index is -0.515. The van der Waals surface area contributed by atoms with Crippen LogP contribution in [0.15, 0.2) is 42.5 Å². The molecule has 0 saturated carbocycles. The van der Waals surface area contributed by atoms with Crippen molar-refractivity contribution in [2.24, 2.45) is 0 Å². The van der Waals surface area contributed by atoms with E-state index in [9.17, 15) is 9.50 Å². The van der Waals surface area contributed by atoms with Gasteiger partial charge in [-0.1, -0.05) is 23.7 Å². The molecule has 1 atom stereocenters. The number of hydrogen-bond acceptors (Lipinski definition) is 2. The number of halogens is 2. The Balaban J connectivity index is 2.15. The van der Waals surface area contributed by atoms with Gasteiger partial charge in [0.2, 0.25) is 0 Å². The lowest BCUT2D eigenvalue weighted by atomic mass is 10.1. The van der Waals surface area contributed by atoms with Crippen LogP contribution in [0.25, 0.3) is 0 Å². The van der Waals surface area contributed by atoms with E-state index in [2.05, 4.69) is 0 Å². The van der Waals surface area contributed by atoms with Gasteiger partial charge in [-0.15, -0.1) is 0 Å². The molecule has 2 rings (SSSR count). The van der Waals surface area contributed by atoms with Crippen molar-refractivity contribution in [1.29, 1.82) is 0 Å². The van der Waals surface area contributed by atoms with Crippen LogP contribution in [0.5, 0.6) is 11.5 Å². The van der Waals surface area contributed by atoms with E-state index in [1.54, 1.807) is 31.2 Å². The van der Waals surface area contributed by atoms with Crippen LogP contribution in [-0.2, 0) is 0 Å². The van der Waals surface area contributed by atoms with Crippen LogP contribution in [0, 0.1) is 5.82 Å². The monoisotopic (exact) mass is 266 g/mol. The molecule has 0 unspecified atom stereocenters. The highest BCUT2D eigenvalue weighted by Crippen LogP contribution is 2.26. The Kier molecular flexibility index (Phi) is 3.84. The van der Waals surface area contributed by atoms with E-state index in [1.807, 2.05) is 0 Å². The highest BCUT2D eigenvalue weighted by molar-refractivity contribution is 6.30. The first kappa shape index (κ1) is 12.9. The largest absolute Gasteiger partial charge is 0.457 e. The van der Waals surface area contributed by atoms with Crippen molar-refractivity contribution in [1.82, 2.24) is 0 Å². The molecule has 0 radical (unpaired) electrons. The van der Waals surface area contributed by atoms with Gasteiger partial charge in [-0.25, -0.2) is 4.39 Å². The first-order valence-electron chi connectivity index (χ1n) is 5.47. The van der Waals surface area contributed by atoms with Crippen LogP contribution >= 0.6 is 11.6 Å².